The predicted molar refractivity (Wildman–Crippen MR) is 75.3 cm³/mol. The second-order valence-corrected chi connectivity index (χ2v) is 6.73. The fraction of sp³-hybridized carbons (Fsp3) is 0.625. The zero-order valence-electron chi connectivity index (χ0n) is 12.0. The van der Waals surface area contributed by atoms with Crippen LogP contribution in [0.1, 0.15) is 33.3 Å². The number of likely N-dealkylation sites (tertiary alicyclic amines) is 1. The van der Waals surface area contributed by atoms with Crippen molar-refractivity contribution in [2.45, 2.75) is 39.8 Å². The van der Waals surface area contributed by atoms with Crippen molar-refractivity contribution in [3.63, 3.8) is 0 Å². The highest BCUT2D eigenvalue weighted by Gasteiger charge is 2.50. The van der Waals surface area contributed by atoms with Crippen molar-refractivity contribution in [2.75, 3.05) is 13.1 Å². The Labute approximate surface area is 111 Å². The molecule has 0 aliphatic carbocycles. The van der Waals surface area contributed by atoms with Gasteiger partial charge in [0.25, 0.3) is 0 Å². The molecule has 18 heavy (non-hydrogen) atoms. The second kappa shape index (κ2) is 4.67. The standard InChI is InChI=1S/C16H25NO/c1-13-10-17(11-14-8-6-5-7-9-14)12-16(13,18)15(2,3)4/h5-9,13,18H,10-12H2,1-4H3/t13-,16-/m0/s1. The maximum Gasteiger partial charge on any atom is 0.0859 e. The smallest absolute Gasteiger partial charge is 0.0859 e. The lowest BCUT2D eigenvalue weighted by atomic mass is 9.71. The molecule has 0 unspecified atom stereocenters. The molecule has 2 rings (SSSR count). The van der Waals surface area contributed by atoms with Gasteiger partial charge in [-0.05, 0) is 16.9 Å². The van der Waals surface area contributed by atoms with Crippen molar-refractivity contribution >= 4 is 0 Å². The van der Waals surface area contributed by atoms with Gasteiger partial charge < -0.3 is 5.11 Å². The SMILES string of the molecule is C[C@H]1CN(Cc2ccccc2)C[C@@]1(O)C(C)(C)C. The average molecular weight is 247 g/mol. The summed E-state index contributed by atoms with van der Waals surface area (Å²) in [5.74, 6) is 0.321. The van der Waals surface area contributed by atoms with Gasteiger partial charge in [-0.2, -0.15) is 0 Å². The lowest BCUT2D eigenvalue weighted by molar-refractivity contribution is -0.0751. The lowest BCUT2D eigenvalue weighted by Gasteiger charge is -2.40. The summed E-state index contributed by atoms with van der Waals surface area (Å²) in [7, 11) is 0. The summed E-state index contributed by atoms with van der Waals surface area (Å²) < 4.78 is 0. The van der Waals surface area contributed by atoms with E-state index in [1.807, 2.05) is 6.07 Å². The first-order valence-electron chi connectivity index (χ1n) is 6.81. The van der Waals surface area contributed by atoms with Crippen molar-refractivity contribution in [2.24, 2.45) is 11.3 Å². The third kappa shape index (κ3) is 2.45. The van der Waals surface area contributed by atoms with Crippen molar-refractivity contribution < 1.29 is 5.11 Å². The topological polar surface area (TPSA) is 23.5 Å². The van der Waals surface area contributed by atoms with Crippen LogP contribution in [0.15, 0.2) is 30.3 Å². The van der Waals surface area contributed by atoms with E-state index in [0.717, 1.165) is 19.6 Å². The highest BCUT2D eigenvalue weighted by molar-refractivity contribution is 5.15. The molecule has 2 atom stereocenters. The van der Waals surface area contributed by atoms with Gasteiger partial charge in [-0.15, -0.1) is 0 Å². The number of β-amino-alcohol motifs (C(OH)–C–C–N with tert-alkyl or cyclic N) is 1. The summed E-state index contributed by atoms with van der Waals surface area (Å²) in [5, 5.41) is 10.9. The molecule has 1 saturated heterocycles. The van der Waals surface area contributed by atoms with E-state index in [9.17, 15) is 5.11 Å². The first-order valence-corrected chi connectivity index (χ1v) is 6.81. The Balaban J connectivity index is 2.08. The molecule has 0 saturated carbocycles. The average Bonchev–Trinajstić information content (AvgIpc) is 2.56. The van der Waals surface area contributed by atoms with Crippen molar-refractivity contribution in [1.82, 2.24) is 4.90 Å². The summed E-state index contributed by atoms with van der Waals surface area (Å²) in [6.45, 7) is 11.2. The predicted octanol–water partition coefficient (Wildman–Crippen LogP) is 2.92. The first-order chi connectivity index (χ1) is 8.33. The summed E-state index contributed by atoms with van der Waals surface area (Å²) in [5.41, 5.74) is 0.669. The lowest BCUT2D eigenvalue weighted by Crippen LogP contribution is -2.49. The third-order valence-electron chi connectivity index (χ3n) is 4.36. The Morgan fingerprint density at radius 2 is 1.89 bits per heavy atom. The molecule has 1 aromatic carbocycles. The normalized spacial score (nSPS) is 29.7. The molecule has 1 aliphatic heterocycles. The summed E-state index contributed by atoms with van der Waals surface area (Å²) >= 11 is 0. The monoisotopic (exact) mass is 247 g/mol. The van der Waals surface area contributed by atoms with Crippen LogP contribution in [-0.2, 0) is 6.54 Å². The van der Waals surface area contributed by atoms with E-state index in [1.165, 1.54) is 5.56 Å². The maximum absolute atomic E-state index is 10.9. The van der Waals surface area contributed by atoms with E-state index in [0.29, 0.717) is 5.92 Å². The van der Waals surface area contributed by atoms with E-state index < -0.39 is 5.60 Å². The van der Waals surface area contributed by atoms with Gasteiger partial charge in [0.1, 0.15) is 0 Å². The first kappa shape index (κ1) is 13.6. The molecule has 0 amide bonds. The van der Waals surface area contributed by atoms with Gasteiger partial charge in [0.2, 0.25) is 0 Å². The van der Waals surface area contributed by atoms with Crippen molar-refractivity contribution in [3.8, 4) is 0 Å². The number of aliphatic hydroxyl groups is 1. The molecule has 1 aliphatic rings. The van der Waals surface area contributed by atoms with Crippen molar-refractivity contribution in [1.29, 1.82) is 0 Å². The fourth-order valence-corrected chi connectivity index (χ4v) is 3.04. The zero-order chi connectivity index (χ0) is 13.4. The summed E-state index contributed by atoms with van der Waals surface area (Å²) in [4.78, 5) is 2.37. The van der Waals surface area contributed by atoms with Crippen LogP contribution in [0.3, 0.4) is 0 Å². The van der Waals surface area contributed by atoms with Gasteiger partial charge in [-0.3, -0.25) is 4.90 Å². The molecule has 0 spiro atoms. The Morgan fingerprint density at radius 3 is 2.39 bits per heavy atom. The van der Waals surface area contributed by atoms with Crippen LogP contribution in [0.2, 0.25) is 0 Å². The molecule has 1 N–H and O–H groups in total. The van der Waals surface area contributed by atoms with Gasteiger partial charge in [0.15, 0.2) is 0 Å². The minimum absolute atomic E-state index is 0.0716. The summed E-state index contributed by atoms with van der Waals surface area (Å²) in [6.07, 6.45) is 0. The van der Waals surface area contributed by atoms with Crippen LogP contribution in [0, 0.1) is 11.3 Å². The number of hydrogen-bond donors (Lipinski definition) is 1. The van der Waals surface area contributed by atoms with Crippen LogP contribution in [0.5, 0.6) is 0 Å². The van der Waals surface area contributed by atoms with E-state index in [2.05, 4.69) is 56.9 Å². The van der Waals surface area contributed by atoms with Gasteiger partial charge in [0, 0.05) is 19.6 Å². The van der Waals surface area contributed by atoms with E-state index >= 15 is 0 Å². The number of nitrogens with zero attached hydrogens (tertiary/aromatic N) is 1. The van der Waals surface area contributed by atoms with Crippen LogP contribution in [0.4, 0.5) is 0 Å². The molecule has 0 radical (unpaired) electrons. The molecule has 1 fully saturated rings. The number of benzene rings is 1. The zero-order valence-corrected chi connectivity index (χ0v) is 12.0. The molecular formula is C16H25NO. The Morgan fingerprint density at radius 1 is 1.28 bits per heavy atom. The van der Waals surface area contributed by atoms with Gasteiger partial charge in [-0.1, -0.05) is 58.0 Å². The van der Waals surface area contributed by atoms with E-state index in [1.54, 1.807) is 0 Å². The second-order valence-electron chi connectivity index (χ2n) is 6.73. The third-order valence-corrected chi connectivity index (χ3v) is 4.36. The molecule has 1 heterocycles. The molecule has 100 valence electrons. The van der Waals surface area contributed by atoms with Crippen LogP contribution < -0.4 is 0 Å². The van der Waals surface area contributed by atoms with Crippen molar-refractivity contribution in [3.05, 3.63) is 35.9 Å². The van der Waals surface area contributed by atoms with Crippen LogP contribution >= 0.6 is 0 Å². The molecule has 1 aromatic rings. The van der Waals surface area contributed by atoms with E-state index in [4.69, 9.17) is 0 Å². The minimum Gasteiger partial charge on any atom is -0.388 e. The highest BCUT2D eigenvalue weighted by atomic mass is 16.3. The molecule has 2 heteroatoms. The van der Waals surface area contributed by atoms with Crippen LogP contribution in [-0.4, -0.2) is 28.7 Å². The highest BCUT2D eigenvalue weighted by Crippen LogP contribution is 2.41. The quantitative estimate of drug-likeness (QED) is 0.868. The van der Waals surface area contributed by atoms with Gasteiger partial charge >= 0.3 is 0 Å². The Hall–Kier alpha value is -0.860. The van der Waals surface area contributed by atoms with E-state index in [-0.39, 0.29) is 5.41 Å². The van der Waals surface area contributed by atoms with Crippen LogP contribution in [0.25, 0.3) is 0 Å². The summed E-state index contributed by atoms with van der Waals surface area (Å²) in [6, 6.07) is 10.5. The molecule has 2 nitrogen and oxygen atoms in total. The van der Waals surface area contributed by atoms with Gasteiger partial charge in [-0.25, -0.2) is 0 Å². The Bertz CT molecular complexity index is 395. The molecule has 0 aromatic heterocycles. The maximum atomic E-state index is 10.9. The Kier molecular flexibility index (Phi) is 3.52. The molecule has 0 bridgehead atoms. The molecular weight excluding hydrogens is 222 g/mol. The number of rotatable bonds is 2. The van der Waals surface area contributed by atoms with Gasteiger partial charge in [0.05, 0.1) is 5.60 Å². The minimum atomic E-state index is -0.582. The fourth-order valence-electron chi connectivity index (χ4n) is 3.04. The number of hydrogen-bond acceptors (Lipinski definition) is 2. The largest absolute Gasteiger partial charge is 0.388 e.